The van der Waals surface area contributed by atoms with Gasteiger partial charge in [-0.3, -0.25) is 0 Å². The van der Waals surface area contributed by atoms with E-state index in [0.717, 1.165) is 13.0 Å². The molecule has 0 fully saturated rings. The molecule has 0 unspecified atom stereocenters. The molecule has 0 aliphatic heterocycles. The highest BCUT2D eigenvalue weighted by atomic mass is 14.8. The minimum absolute atomic E-state index is 1.14. The van der Waals surface area contributed by atoms with Gasteiger partial charge >= 0.3 is 0 Å². The Morgan fingerprint density at radius 1 is 0.773 bits per heavy atom. The van der Waals surface area contributed by atoms with Crippen molar-refractivity contribution in [2.24, 2.45) is 0 Å². The summed E-state index contributed by atoms with van der Waals surface area (Å²) in [6, 6.07) is 11.6. The van der Waals surface area contributed by atoms with Crippen molar-refractivity contribution in [3.63, 3.8) is 0 Å². The number of hydrogen-bond acceptors (Lipinski definition) is 1. The fraction of sp³-hybridized carbons (Fsp3) is 0.714. The highest BCUT2D eigenvalue weighted by Crippen LogP contribution is 2.10. The molecular formula is C21H36N. The number of unbranched alkanes of at least 4 members (excludes halogenated alkanes) is 9. The van der Waals surface area contributed by atoms with Crippen molar-refractivity contribution in [1.29, 1.82) is 0 Å². The maximum atomic E-state index is 3.57. The van der Waals surface area contributed by atoms with Gasteiger partial charge in [0.15, 0.2) is 0 Å². The normalized spacial score (nSPS) is 11.0. The first kappa shape index (κ1) is 19.2. The van der Waals surface area contributed by atoms with E-state index in [1.54, 1.807) is 0 Å². The number of rotatable bonds is 15. The molecular weight excluding hydrogens is 266 g/mol. The van der Waals surface area contributed by atoms with Crippen LogP contribution in [0.5, 0.6) is 0 Å². The number of nitrogens with one attached hydrogen (secondary N) is 1. The average Bonchev–Trinajstić information content (AvgIpc) is 2.56. The SMILES string of the molecule is CCCCCCCCCCCCNCCCc1[c]cccc1. The molecule has 1 aromatic carbocycles. The van der Waals surface area contributed by atoms with Crippen molar-refractivity contribution < 1.29 is 0 Å². The summed E-state index contributed by atoms with van der Waals surface area (Å²) in [4.78, 5) is 0. The first-order chi connectivity index (χ1) is 10.9. The smallest absolute Gasteiger partial charge is 0.00457 e. The lowest BCUT2D eigenvalue weighted by atomic mass is 10.1. The summed E-state index contributed by atoms with van der Waals surface area (Å²) in [5.74, 6) is 0. The molecule has 0 bridgehead atoms. The summed E-state index contributed by atoms with van der Waals surface area (Å²) in [5, 5.41) is 3.57. The van der Waals surface area contributed by atoms with Gasteiger partial charge in [0, 0.05) is 0 Å². The Morgan fingerprint density at radius 3 is 2.05 bits per heavy atom. The van der Waals surface area contributed by atoms with E-state index in [-0.39, 0.29) is 0 Å². The molecule has 0 amide bonds. The van der Waals surface area contributed by atoms with Gasteiger partial charge in [0.2, 0.25) is 0 Å². The topological polar surface area (TPSA) is 12.0 Å². The van der Waals surface area contributed by atoms with Crippen LogP contribution in [-0.4, -0.2) is 13.1 Å². The minimum atomic E-state index is 1.14. The fourth-order valence-electron chi connectivity index (χ4n) is 2.85. The molecule has 125 valence electrons. The molecule has 0 aliphatic carbocycles. The first-order valence-electron chi connectivity index (χ1n) is 9.60. The molecule has 22 heavy (non-hydrogen) atoms. The molecule has 1 N–H and O–H groups in total. The van der Waals surface area contributed by atoms with Gasteiger partial charge < -0.3 is 5.32 Å². The average molecular weight is 303 g/mol. The van der Waals surface area contributed by atoms with Gasteiger partial charge in [0.05, 0.1) is 0 Å². The predicted molar refractivity (Wildman–Crippen MR) is 98.3 cm³/mol. The number of hydrogen-bond donors (Lipinski definition) is 1. The Morgan fingerprint density at radius 2 is 1.41 bits per heavy atom. The van der Waals surface area contributed by atoms with Crippen molar-refractivity contribution in [3.05, 3.63) is 35.9 Å². The molecule has 0 heterocycles. The molecule has 0 atom stereocenters. The third-order valence-electron chi connectivity index (χ3n) is 4.28. The molecule has 1 heteroatoms. The highest BCUT2D eigenvalue weighted by Gasteiger charge is 1.94. The van der Waals surface area contributed by atoms with E-state index in [2.05, 4.69) is 30.4 Å². The van der Waals surface area contributed by atoms with Gasteiger partial charge in [-0.2, -0.15) is 0 Å². The Kier molecular flexibility index (Phi) is 13.2. The zero-order valence-corrected chi connectivity index (χ0v) is 14.7. The van der Waals surface area contributed by atoms with E-state index >= 15 is 0 Å². The monoisotopic (exact) mass is 302 g/mol. The van der Waals surface area contributed by atoms with Crippen LogP contribution in [0.1, 0.15) is 83.1 Å². The fourth-order valence-corrected chi connectivity index (χ4v) is 2.85. The molecule has 0 saturated heterocycles. The van der Waals surface area contributed by atoms with Crippen LogP contribution in [0.3, 0.4) is 0 Å². The van der Waals surface area contributed by atoms with E-state index in [4.69, 9.17) is 0 Å². The van der Waals surface area contributed by atoms with Gasteiger partial charge in [0.1, 0.15) is 0 Å². The van der Waals surface area contributed by atoms with Gasteiger partial charge in [-0.1, -0.05) is 89.0 Å². The summed E-state index contributed by atoms with van der Waals surface area (Å²) in [5.41, 5.74) is 1.34. The van der Waals surface area contributed by atoms with Gasteiger partial charge in [-0.15, -0.1) is 0 Å². The maximum Gasteiger partial charge on any atom is -0.00457 e. The Labute approximate surface area is 138 Å². The lowest BCUT2D eigenvalue weighted by Crippen LogP contribution is -2.17. The van der Waals surface area contributed by atoms with Gasteiger partial charge in [0.25, 0.3) is 0 Å². The largest absolute Gasteiger partial charge is 0.317 e. The van der Waals surface area contributed by atoms with E-state index in [1.165, 1.54) is 82.7 Å². The van der Waals surface area contributed by atoms with Gasteiger partial charge in [-0.25, -0.2) is 0 Å². The molecule has 0 saturated carbocycles. The second-order valence-electron chi connectivity index (χ2n) is 6.42. The lowest BCUT2D eigenvalue weighted by Gasteiger charge is -2.05. The lowest BCUT2D eigenvalue weighted by molar-refractivity contribution is 0.541. The van der Waals surface area contributed by atoms with Crippen molar-refractivity contribution in [2.75, 3.05) is 13.1 Å². The Balaban J connectivity index is 1.73. The molecule has 1 nitrogen and oxygen atoms in total. The van der Waals surface area contributed by atoms with Crippen LogP contribution in [0.4, 0.5) is 0 Å². The Bertz CT molecular complexity index is 320. The van der Waals surface area contributed by atoms with E-state index in [9.17, 15) is 0 Å². The number of aryl methyl sites for hydroxylation is 1. The van der Waals surface area contributed by atoms with Crippen LogP contribution in [0, 0.1) is 6.07 Å². The molecule has 1 rings (SSSR count). The van der Waals surface area contributed by atoms with Crippen LogP contribution in [-0.2, 0) is 6.42 Å². The summed E-state index contributed by atoms with van der Waals surface area (Å²) in [6.07, 6.45) is 16.6. The molecule has 1 radical (unpaired) electrons. The van der Waals surface area contributed by atoms with Crippen molar-refractivity contribution >= 4 is 0 Å². The quantitative estimate of drug-likeness (QED) is 0.396. The number of benzene rings is 1. The standard InChI is InChI=1S/C21H36N/c1-2-3-4-5-6-7-8-9-10-14-19-22-20-15-18-21-16-12-11-13-17-21/h11-13,16,22H,2-10,14-15,18-20H2,1H3. The third kappa shape index (κ3) is 11.8. The van der Waals surface area contributed by atoms with Crippen molar-refractivity contribution in [3.8, 4) is 0 Å². The highest BCUT2D eigenvalue weighted by molar-refractivity contribution is 5.12. The van der Waals surface area contributed by atoms with E-state index < -0.39 is 0 Å². The minimum Gasteiger partial charge on any atom is -0.317 e. The van der Waals surface area contributed by atoms with Crippen LogP contribution in [0.15, 0.2) is 24.3 Å². The first-order valence-corrected chi connectivity index (χ1v) is 9.60. The van der Waals surface area contributed by atoms with Crippen molar-refractivity contribution in [2.45, 2.75) is 84.0 Å². The summed E-state index contributed by atoms with van der Waals surface area (Å²) in [6.45, 7) is 4.61. The van der Waals surface area contributed by atoms with Gasteiger partial charge in [-0.05, 0) is 44.0 Å². The third-order valence-corrected chi connectivity index (χ3v) is 4.28. The predicted octanol–water partition coefficient (Wildman–Crippen LogP) is 5.93. The zero-order valence-electron chi connectivity index (χ0n) is 14.7. The van der Waals surface area contributed by atoms with Crippen LogP contribution in [0.2, 0.25) is 0 Å². The van der Waals surface area contributed by atoms with Crippen LogP contribution < -0.4 is 5.32 Å². The second-order valence-corrected chi connectivity index (χ2v) is 6.42. The summed E-state index contributed by atoms with van der Waals surface area (Å²) in [7, 11) is 0. The molecule has 0 aliphatic rings. The van der Waals surface area contributed by atoms with Crippen LogP contribution in [0.25, 0.3) is 0 Å². The maximum absolute atomic E-state index is 3.57. The zero-order chi connectivity index (χ0) is 15.7. The summed E-state index contributed by atoms with van der Waals surface area (Å²) >= 11 is 0. The summed E-state index contributed by atoms with van der Waals surface area (Å²) < 4.78 is 0. The molecule has 1 aromatic rings. The second kappa shape index (κ2) is 15.1. The van der Waals surface area contributed by atoms with E-state index in [1.807, 2.05) is 12.1 Å². The van der Waals surface area contributed by atoms with Crippen molar-refractivity contribution in [1.82, 2.24) is 5.32 Å². The molecule has 0 spiro atoms. The molecule has 0 aromatic heterocycles. The van der Waals surface area contributed by atoms with Crippen LogP contribution >= 0.6 is 0 Å². The van der Waals surface area contributed by atoms with E-state index in [0.29, 0.717) is 0 Å². The Hall–Kier alpha value is -0.820.